The van der Waals surface area contributed by atoms with Crippen molar-refractivity contribution >= 4 is 0 Å². The van der Waals surface area contributed by atoms with E-state index in [1.54, 1.807) is 0 Å². The Morgan fingerprint density at radius 2 is 1.95 bits per heavy atom. The Hall–Kier alpha value is -0.160. The first kappa shape index (κ1) is 13.8. The van der Waals surface area contributed by atoms with Gasteiger partial charge in [0.2, 0.25) is 0 Å². The van der Waals surface area contributed by atoms with Crippen LogP contribution in [0.3, 0.4) is 0 Å². The summed E-state index contributed by atoms with van der Waals surface area (Å²) in [5.74, 6) is 0. The predicted octanol–water partition coefficient (Wildman–Crippen LogP) is 0.925. The summed E-state index contributed by atoms with van der Waals surface area (Å²) in [5.41, 5.74) is 0. The van der Waals surface area contributed by atoms with Gasteiger partial charge in [0.15, 0.2) is 0 Å². The fourth-order valence-electron chi connectivity index (χ4n) is 3.32. The molecule has 4 nitrogen and oxygen atoms in total. The third-order valence-electron chi connectivity index (χ3n) is 4.74. The minimum atomic E-state index is 0.749. The molecule has 0 aromatic carbocycles. The van der Waals surface area contributed by atoms with Gasteiger partial charge in [-0.15, -0.1) is 0 Å². The lowest BCUT2D eigenvalue weighted by Crippen LogP contribution is -2.47. The normalized spacial score (nSPS) is 29.8. The molecule has 0 aromatic heterocycles. The fraction of sp³-hybridized carbons (Fsp3) is 1.00. The van der Waals surface area contributed by atoms with E-state index in [4.69, 9.17) is 4.74 Å². The molecule has 3 rings (SSSR count). The Balaban J connectivity index is 1.41. The van der Waals surface area contributed by atoms with Gasteiger partial charge in [0.25, 0.3) is 0 Å². The van der Waals surface area contributed by atoms with E-state index in [9.17, 15) is 0 Å². The zero-order valence-corrected chi connectivity index (χ0v) is 12.1. The molecule has 2 heterocycles. The van der Waals surface area contributed by atoms with Crippen LogP contribution in [0.4, 0.5) is 0 Å². The maximum absolute atomic E-state index is 5.42. The average Bonchev–Trinajstić information content (AvgIpc) is 3.30. The van der Waals surface area contributed by atoms with Gasteiger partial charge in [-0.1, -0.05) is 6.42 Å². The minimum absolute atomic E-state index is 0.749. The van der Waals surface area contributed by atoms with Crippen molar-refractivity contribution in [2.75, 3.05) is 52.5 Å². The smallest absolute Gasteiger partial charge is 0.0594 e. The maximum Gasteiger partial charge on any atom is 0.0594 e. The molecule has 3 aliphatic rings. The van der Waals surface area contributed by atoms with Crippen LogP contribution in [-0.4, -0.2) is 74.4 Å². The monoisotopic (exact) mass is 267 g/mol. The van der Waals surface area contributed by atoms with Gasteiger partial charge in [0, 0.05) is 44.8 Å². The lowest BCUT2D eigenvalue weighted by atomic mass is 10.0. The van der Waals surface area contributed by atoms with Gasteiger partial charge in [-0.05, 0) is 32.2 Å². The van der Waals surface area contributed by atoms with Crippen molar-refractivity contribution in [3.8, 4) is 0 Å². The Morgan fingerprint density at radius 3 is 2.63 bits per heavy atom. The molecule has 110 valence electrons. The molecule has 3 fully saturated rings. The van der Waals surface area contributed by atoms with Crippen LogP contribution in [0.1, 0.15) is 32.1 Å². The molecular weight excluding hydrogens is 238 g/mol. The van der Waals surface area contributed by atoms with Crippen molar-refractivity contribution in [1.82, 2.24) is 15.1 Å². The Bertz CT molecular complexity index is 258. The van der Waals surface area contributed by atoms with Gasteiger partial charge in [-0.2, -0.15) is 0 Å². The third-order valence-corrected chi connectivity index (χ3v) is 4.74. The maximum atomic E-state index is 5.42. The Labute approximate surface area is 117 Å². The highest BCUT2D eigenvalue weighted by Gasteiger charge is 2.30. The van der Waals surface area contributed by atoms with Crippen LogP contribution in [0, 0.1) is 0 Å². The zero-order chi connectivity index (χ0) is 12.9. The van der Waals surface area contributed by atoms with Gasteiger partial charge >= 0.3 is 0 Å². The number of hydrogen-bond donors (Lipinski definition) is 1. The van der Waals surface area contributed by atoms with Gasteiger partial charge in [-0.25, -0.2) is 0 Å². The highest BCUT2D eigenvalue weighted by atomic mass is 16.5. The molecule has 4 heteroatoms. The Kier molecular flexibility index (Phi) is 5.10. The van der Waals surface area contributed by atoms with Crippen molar-refractivity contribution in [1.29, 1.82) is 0 Å². The predicted molar refractivity (Wildman–Crippen MR) is 77.5 cm³/mol. The van der Waals surface area contributed by atoms with Gasteiger partial charge in [0.05, 0.1) is 13.2 Å². The quantitative estimate of drug-likeness (QED) is 0.775. The first-order chi connectivity index (χ1) is 9.42. The molecule has 2 aliphatic heterocycles. The third kappa shape index (κ3) is 4.42. The summed E-state index contributed by atoms with van der Waals surface area (Å²) in [6.07, 6.45) is 7.01. The second kappa shape index (κ2) is 7.02. The largest absolute Gasteiger partial charge is 0.379 e. The molecule has 0 amide bonds. The number of rotatable bonds is 6. The standard InChI is InChI=1S/C15H29N3O/c1-2-6-16-14(3-1)13-18(15-4-5-15)8-7-17-9-11-19-12-10-17/h14-16H,1-13H2. The van der Waals surface area contributed by atoms with Crippen LogP contribution in [0.2, 0.25) is 0 Å². The van der Waals surface area contributed by atoms with Crippen LogP contribution in [-0.2, 0) is 4.74 Å². The van der Waals surface area contributed by atoms with E-state index in [0.717, 1.165) is 38.4 Å². The first-order valence-electron chi connectivity index (χ1n) is 8.19. The highest BCUT2D eigenvalue weighted by molar-refractivity contribution is 4.88. The summed E-state index contributed by atoms with van der Waals surface area (Å²) >= 11 is 0. The number of nitrogens with one attached hydrogen (secondary N) is 1. The van der Waals surface area contributed by atoms with E-state index in [0.29, 0.717) is 0 Å². The molecule has 1 atom stereocenters. The molecule has 0 spiro atoms. The minimum Gasteiger partial charge on any atom is -0.379 e. The summed E-state index contributed by atoms with van der Waals surface area (Å²) in [4.78, 5) is 5.31. The first-order valence-corrected chi connectivity index (χ1v) is 8.19. The average molecular weight is 267 g/mol. The van der Waals surface area contributed by atoms with Gasteiger partial charge in [0.1, 0.15) is 0 Å². The zero-order valence-electron chi connectivity index (χ0n) is 12.1. The molecule has 2 saturated heterocycles. The second-order valence-electron chi connectivity index (χ2n) is 6.33. The van der Waals surface area contributed by atoms with Crippen molar-refractivity contribution in [2.24, 2.45) is 0 Å². The number of morpholine rings is 1. The second-order valence-corrected chi connectivity index (χ2v) is 6.33. The van der Waals surface area contributed by atoms with Gasteiger partial charge < -0.3 is 10.1 Å². The summed E-state index contributed by atoms with van der Waals surface area (Å²) in [7, 11) is 0. The van der Waals surface area contributed by atoms with Crippen molar-refractivity contribution in [3.63, 3.8) is 0 Å². The van der Waals surface area contributed by atoms with Crippen LogP contribution >= 0.6 is 0 Å². The molecule has 1 saturated carbocycles. The summed E-state index contributed by atoms with van der Waals surface area (Å²) < 4.78 is 5.42. The lowest BCUT2D eigenvalue weighted by molar-refractivity contribution is 0.0322. The number of piperidine rings is 1. The summed E-state index contributed by atoms with van der Waals surface area (Å²) in [5, 5.41) is 3.69. The fourth-order valence-corrected chi connectivity index (χ4v) is 3.32. The molecule has 0 radical (unpaired) electrons. The van der Waals surface area contributed by atoms with Crippen molar-refractivity contribution in [3.05, 3.63) is 0 Å². The molecule has 0 bridgehead atoms. The van der Waals surface area contributed by atoms with Gasteiger partial charge in [-0.3, -0.25) is 9.80 Å². The number of ether oxygens (including phenoxy) is 1. The molecular formula is C15H29N3O. The van der Waals surface area contributed by atoms with Crippen LogP contribution < -0.4 is 5.32 Å². The van der Waals surface area contributed by atoms with E-state index < -0.39 is 0 Å². The van der Waals surface area contributed by atoms with E-state index in [2.05, 4.69) is 15.1 Å². The molecule has 19 heavy (non-hydrogen) atoms. The highest BCUT2D eigenvalue weighted by Crippen LogP contribution is 2.27. The van der Waals surface area contributed by atoms with E-state index in [1.807, 2.05) is 0 Å². The van der Waals surface area contributed by atoms with Crippen LogP contribution in [0.15, 0.2) is 0 Å². The molecule has 0 aromatic rings. The molecule has 1 unspecified atom stereocenters. The van der Waals surface area contributed by atoms with Crippen LogP contribution in [0.5, 0.6) is 0 Å². The van der Waals surface area contributed by atoms with Crippen molar-refractivity contribution < 1.29 is 4.74 Å². The molecule has 1 aliphatic carbocycles. The lowest BCUT2D eigenvalue weighted by Gasteiger charge is -2.33. The van der Waals surface area contributed by atoms with E-state index >= 15 is 0 Å². The number of hydrogen-bond acceptors (Lipinski definition) is 4. The van der Waals surface area contributed by atoms with Crippen LogP contribution in [0.25, 0.3) is 0 Å². The van der Waals surface area contributed by atoms with E-state index in [1.165, 1.54) is 58.3 Å². The topological polar surface area (TPSA) is 27.7 Å². The summed E-state index contributed by atoms with van der Waals surface area (Å²) in [6.45, 7) is 9.08. The number of nitrogens with zero attached hydrogens (tertiary/aromatic N) is 2. The SMILES string of the molecule is C1CCC(CN(CCN2CCOCC2)C2CC2)NC1. The van der Waals surface area contributed by atoms with Crippen molar-refractivity contribution in [2.45, 2.75) is 44.2 Å². The van der Waals surface area contributed by atoms with E-state index in [-0.39, 0.29) is 0 Å². The summed E-state index contributed by atoms with van der Waals surface area (Å²) in [6, 6.07) is 1.64. The molecule has 1 N–H and O–H groups in total. The Morgan fingerprint density at radius 1 is 1.11 bits per heavy atom.